The van der Waals surface area contributed by atoms with Crippen LogP contribution in [0.4, 0.5) is 0 Å². The van der Waals surface area contributed by atoms with Gasteiger partial charge in [0.15, 0.2) is 6.61 Å². The molecule has 0 heterocycles. The van der Waals surface area contributed by atoms with Crippen molar-refractivity contribution in [2.75, 3.05) is 6.61 Å². The van der Waals surface area contributed by atoms with Crippen molar-refractivity contribution >= 4 is 11.8 Å². The Bertz CT molecular complexity index is 861. The fraction of sp³-hybridized carbons (Fsp3) is 0.440. The van der Waals surface area contributed by atoms with Gasteiger partial charge in [-0.1, -0.05) is 56.3 Å². The van der Waals surface area contributed by atoms with Crippen molar-refractivity contribution in [1.29, 1.82) is 0 Å². The molecule has 0 radical (unpaired) electrons. The Morgan fingerprint density at radius 2 is 1.60 bits per heavy atom. The number of aryl methyl sites for hydroxylation is 1. The largest absolute Gasteiger partial charge is 0.483 e. The molecule has 0 saturated heterocycles. The van der Waals surface area contributed by atoms with E-state index >= 15 is 0 Å². The van der Waals surface area contributed by atoms with Gasteiger partial charge in [-0.05, 0) is 56.4 Å². The van der Waals surface area contributed by atoms with E-state index in [1.807, 2.05) is 69.3 Å². The molecule has 162 valence electrons. The highest BCUT2D eigenvalue weighted by atomic mass is 16.5. The first-order valence-corrected chi connectivity index (χ1v) is 10.6. The fourth-order valence-corrected chi connectivity index (χ4v) is 3.27. The second kappa shape index (κ2) is 10.8. The van der Waals surface area contributed by atoms with Gasteiger partial charge >= 0.3 is 0 Å². The number of hydrogen-bond donors (Lipinski definition) is 1. The van der Waals surface area contributed by atoms with Crippen molar-refractivity contribution in [2.24, 2.45) is 0 Å². The summed E-state index contributed by atoms with van der Waals surface area (Å²) in [6, 6.07) is 15.0. The minimum atomic E-state index is -0.608. The maximum absolute atomic E-state index is 13.2. The zero-order valence-corrected chi connectivity index (χ0v) is 18.9. The molecule has 1 N–H and O–H groups in total. The van der Waals surface area contributed by atoms with E-state index in [4.69, 9.17) is 4.74 Å². The summed E-state index contributed by atoms with van der Waals surface area (Å²) >= 11 is 0. The van der Waals surface area contributed by atoms with Crippen LogP contribution in [0.2, 0.25) is 0 Å². The lowest BCUT2D eigenvalue weighted by atomic mass is 10.0. The van der Waals surface area contributed by atoms with Crippen LogP contribution in [0.3, 0.4) is 0 Å². The van der Waals surface area contributed by atoms with Crippen molar-refractivity contribution in [3.8, 4) is 5.75 Å². The molecule has 1 atom stereocenters. The van der Waals surface area contributed by atoms with E-state index in [9.17, 15) is 9.59 Å². The number of para-hydroxylation sites is 1. The van der Waals surface area contributed by atoms with Gasteiger partial charge in [-0.2, -0.15) is 0 Å². The molecule has 30 heavy (non-hydrogen) atoms. The number of rotatable bonds is 9. The van der Waals surface area contributed by atoms with E-state index < -0.39 is 6.04 Å². The maximum atomic E-state index is 13.2. The van der Waals surface area contributed by atoms with Gasteiger partial charge in [0.2, 0.25) is 5.91 Å². The molecule has 0 aliphatic heterocycles. The van der Waals surface area contributed by atoms with Gasteiger partial charge in [0.1, 0.15) is 11.8 Å². The van der Waals surface area contributed by atoms with E-state index in [1.54, 1.807) is 11.8 Å². The normalized spacial score (nSPS) is 12.0. The average molecular weight is 411 g/mol. The Morgan fingerprint density at radius 1 is 0.967 bits per heavy atom. The molecular formula is C25H34N2O3. The number of carbonyl (C=O) groups excluding carboxylic acids is 2. The molecule has 0 aliphatic rings. The third kappa shape index (κ3) is 6.34. The summed E-state index contributed by atoms with van der Waals surface area (Å²) in [5.74, 6) is 0.601. The quantitative estimate of drug-likeness (QED) is 0.665. The Balaban J connectivity index is 2.21. The SMILES string of the molecule is Cc1ccccc1CN(C(=O)COc1ccccc1C(C)C)[C@H](C)C(=O)NC(C)C. The molecular weight excluding hydrogens is 376 g/mol. The van der Waals surface area contributed by atoms with Crippen LogP contribution in [0.1, 0.15) is 57.2 Å². The number of nitrogens with zero attached hydrogens (tertiary/aromatic N) is 1. The molecule has 0 aliphatic carbocycles. The first-order valence-electron chi connectivity index (χ1n) is 10.6. The lowest BCUT2D eigenvalue weighted by Crippen LogP contribution is -2.50. The highest BCUT2D eigenvalue weighted by Crippen LogP contribution is 2.26. The summed E-state index contributed by atoms with van der Waals surface area (Å²) in [5, 5.41) is 2.90. The third-order valence-electron chi connectivity index (χ3n) is 5.09. The Morgan fingerprint density at radius 3 is 2.23 bits per heavy atom. The second-order valence-electron chi connectivity index (χ2n) is 8.27. The summed E-state index contributed by atoms with van der Waals surface area (Å²) in [4.78, 5) is 27.4. The van der Waals surface area contributed by atoms with E-state index in [1.165, 1.54) is 0 Å². The monoisotopic (exact) mass is 410 g/mol. The zero-order valence-electron chi connectivity index (χ0n) is 18.9. The van der Waals surface area contributed by atoms with Gasteiger partial charge in [0.25, 0.3) is 5.91 Å². The summed E-state index contributed by atoms with van der Waals surface area (Å²) in [5.41, 5.74) is 3.15. The predicted molar refractivity (Wildman–Crippen MR) is 120 cm³/mol. The summed E-state index contributed by atoms with van der Waals surface area (Å²) in [6.07, 6.45) is 0. The zero-order chi connectivity index (χ0) is 22.3. The van der Waals surface area contributed by atoms with E-state index in [0.29, 0.717) is 12.3 Å². The fourth-order valence-electron chi connectivity index (χ4n) is 3.27. The topological polar surface area (TPSA) is 58.6 Å². The van der Waals surface area contributed by atoms with Crippen molar-refractivity contribution in [3.05, 3.63) is 65.2 Å². The molecule has 5 heteroatoms. The van der Waals surface area contributed by atoms with E-state index in [2.05, 4.69) is 19.2 Å². The number of hydrogen-bond acceptors (Lipinski definition) is 3. The maximum Gasteiger partial charge on any atom is 0.261 e. The van der Waals surface area contributed by atoms with Gasteiger partial charge in [-0.25, -0.2) is 0 Å². The number of nitrogens with one attached hydrogen (secondary N) is 1. The van der Waals surface area contributed by atoms with Crippen molar-refractivity contribution in [3.63, 3.8) is 0 Å². The van der Waals surface area contributed by atoms with Crippen LogP contribution in [0.25, 0.3) is 0 Å². The summed E-state index contributed by atoms with van der Waals surface area (Å²) in [6.45, 7) is 12.0. The van der Waals surface area contributed by atoms with Crippen LogP contribution in [0.15, 0.2) is 48.5 Å². The molecule has 2 aromatic carbocycles. The Labute approximate surface area is 180 Å². The van der Waals surface area contributed by atoms with Crippen LogP contribution in [0, 0.1) is 6.92 Å². The third-order valence-corrected chi connectivity index (χ3v) is 5.09. The van der Waals surface area contributed by atoms with Crippen molar-refractivity contribution in [1.82, 2.24) is 10.2 Å². The van der Waals surface area contributed by atoms with Gasteiger partial charge in [0.05, 0.1) is 0 Å². The van der Waals surface area contributed by atoms with Gasteiger partial charge in [0, 0.05) is 12.6 Å². The van der Waals surface area contributed by atoms with Crippen LogP contribution in [0.5, 0.6) is 5.75 Å². The molecule has 0 bridgehead atoms. The van der Waals surface area contributed by atoms with Crippen molar-refractivity contribution < 1.29 is 14.3 Å². The molecule has 0 unspecified atom stereocenters. The van der Waals surface area contributed by atoms with Gasteiger partial charge in [-0.15, -0.1) is 0 Å². The van der Waals surface area contributed by atoms with Gasteiger partial charge in [-0.3, -0.25) is 9.59 Å². The molecule has 2 aromatic rings. The van der Waals surface area contributed by atoms with Crippen LogP contribution in [-0.4, -0.2) is 35.4 Å². The molecule has 0 saturated carbocycles. The highest BCUT2D eigenvalue weighted by molar-refractivity contribution is 5.88. The molecule has 2 amide bonds. The van der Waals surface area contributed by atoms with Crippen LogP contribution in [-0.2, 0) is 16.1 Å². The van der Waals surface area contributed by atoms with Crippen LogP contribution < -0.4 is 10.1 Å². The molecule has 0 fully saturated rings. The predicted octanol–water partition coefficient (Wildman–Crippen LogP) is 4.44. The van der Waals surface area contributed by atoms with Gasteiger partial charge < -0.3 is 15.0 Å². The van der Waals surface area contributed by atoms with Crippen LogP contribution >= 0.6 is 0 Å². The number of amides is 2. The Kier molecular flexibility index (Phi) is 8.46. The molecule has 0 aromatic heterocycles. The van der Waals surface area contributed by atoms with E-state index in [0.717, 1.165) is 16.7 Å². The smallest absolute Gasteiger partial charge is 0.261 e. The standard InChI is InChI=1S/C25H34N2O3/c1-17(2)22-13-9-10-14-23(22)30-16-24(28)27(20(6)25(29)26-18(3)4)15-21-12-8-7-11-19(21)5/h7-14,17-18,20H,15-16H2,1-6H3,(H,26,29)/t20-/m1/s1. The number of ether oxygens (including phenoxy) is 1. The Hall–Kier alpha value is -2.82. The lowest BCUT2D eigenvalue weighted by Gasteiger charge is -2.30. The van der Waals surface area contributed by atoms with E-state index in [-0.39, 0.29) is 30.4 Å². The first-order chi connectivity index (χ1) is 14.2. The summed E-state index contributed by atoms with van der Waals surface area (Å²) < 4.78 is 5.90. The first kappa shape index (κ1) is 23.5. The van der Waals surface area contributed by atoms with Crippen molar-refractivity contribution in [2.45, 2.75) is 66.1 Å². The number of benzene rings is 2. The molecule has 5 nitrogen and oxygen atoms in total. The average Bonchev–Trinajstić information content (AvgIpc) is 2.70. The molecule has 0 spiro atoms. The molecule has 2 rings (SSSR count). The lowest BCUT2D eigenvalue weighted by molar-refractivity contribution is -0.142. The highest BCUT2D eigenvalue weighted by Gasteiger charge is 2.27. The number of carbonyl (C=O) groups is 2. The minimum Gasteiger partial charge on any atom is -0.483 e. The summed E-state index contributed by atoms with van der Waals surface area (Å²) in [7, 11) is 0. The second-order valence-corrected chi connectivity index (χ2v) is 8.27. The minimum absolute atomic E-state index is 0.00420.